The lowest BCUT2D eigenvalue weighted by atomic mass is 10.2. The first-order valence-electron chi connectivity index (χ1n) is 7.95. The number of nitrogens with one attached hydrogen (secondary N) is 1. The minimum Gasteiger partial charge on any atom is -0.374 e. The molecule has 1 aliphatic carbocycles. The molecule has 0 bridgehead atoms. The average Bonchev–Trinajstić information content (AvgIpc) is 3.29. The highest BCUT2D eigenvalue weighted by atomic mass is 16.5. The Labute approximate surface area is 134 Å². The van der Waals surface area contributed by atoms with Crippen molar-refractivity contribution in [3.63, 3.8) is 0 Å². The second-order valence-electron chi connectivity index (χ2n) is 6.32. The topological polar surface area (TPSA) is 102 Å². The van der Waals surface area contributed by atoms with Crippen molar-refractivity contribution in [1.29, 1.82) is 0 Å². The zero-order chi connectivity index (χ0) is 16.4. The fourth-order valence-corrected chi connectivity index (χ4v) is 2.65. The van der Waals surface area contributed by atoms with E-state index in [1.54, 1.807) is 19.3 Å². The summed E-state index contributed by atoms with van der Waals surface area (Å²) < 4.78 is 7.04. The molecule has 3 rings (SSSR count). The highest BCUT2D eigenvalue weighted by molar-refractivity contribution is 5.88. The number of anilines is 1. The smallest absolute Gasteiger partial charge is 0.268 e. The molecule has 1 saturated heterocycles. The Kier molecular flexibility index (Phi) is 4.36. The number of aryl methyl sites for hydroxylation is 1. The highest BCUT2D eigenvalue weighted by Gasteiger charge is 2.45. The molecule has 1 saturated carbocycles. The summed E-state index contributed by atoms with van der Waals surface area (Å²) in [6, 6.07) is 1.59. The number of rotatable bonds is 5. The van der Waals surface area contributed by atoms with Crippen LogP contribution in [0.4, 0.5) is 5.69 Å². The monoisotopic (exact) mass is 321 g/mol. The predicted molar refractivity (Wildman–Crippen MR) is 85.2 cm³/mol. The van der Waals surface area contributed by atoms with E-state index in [0.717, 1.165) is 31.5 Å². The number of hydrogen-bond donors (Lipinski definition) is 2. The van der Waals surface area contributed by atoms with Gasteiger partial charge in [-0.2, -0.15) is 5.10 Å². The number of ether oxygens (including phenoxy) is 1. The summed E-state index contributed by atoms with van der Waals surface area (Å²) in [5.41, 5.74) is 5.89. The summed E-state index contributed by atoms with van der Waals surface area (Å²) >= 11 is 0. The Morgan fingerprint density at radius 3 is 3.04 bits per heavy atom. The third-order valence-corrected chi connectivity index (χ3v) is 4.45. The van der Waals surface area contributed by atoms with Gasteiger partial charge in [-0.05, 0) is 19.3 Å². The van der Waals surface area contributed by atoms with Gasteiger partial charge in [-0.3, -0.25) is 9.59 Å². The fourth-order valence-electron chi connectivity index (χ4n) is 2.65. The molecule has 3 N–H and O–H groups in total. The second kappa shape index (κ2) is 6.29. The van der Waals surface area contributed by atoms with Crippen LogP contribution in [0.25, 0.3) is 0 Å². The Bertz CT molecular complexity index is 640. The minimum atomic E-state index is -0.630. The van der Waals surface area contributed by atoms with Crippen LogP contribution in [0.5, 0.6) is 0 Å². The van der Waals surface area contributed by atoms with Gasteiger partial charge < -0.3 is 20.7 Å². The molecule has 8 nitrogen and oxygen atoms in total. The fraction of sp³-hybridized carbons (Fsp3) is 0.667. The summed E-state index contributed by atoms with van der Waals surface area (Å²) in [6.07, 6.45) is 3.96. The van der Waals surface area contributed by atoms with E-state index in [4.69, 9.17) is 10.5 Å². The van der Waals surface area contributed by atoms with Crippen LogP contribution >= 0.6 is 0 Å². The second-order valence-corrected chi connectivity index (χ2v) is 6.32. The number of carbonyl (C=O) groups excluding carboxylic acids is 1. The standard InChI is InChI=1S/C15H23N5O3/c1-19-13(21)8-11(9-18-19)20-6-7-23-12(10-20)2-5-17-14(22)15(16)3-4-15/h8-9,12H,2-7,10,16H2,1H3,(H,17,22)/t12-/m1/s1. The van der Waals surface area contributed by atoms with Gasteiger partial charge in [0.15, 0.2) is 0 Å². The first-order chi connectivity index (χ1) is 11.0. The molecule has 2 fully saturated rings. The molecule has 1 aromatic heterocycles. The van der Waals surface area contributed by atoms with Crippen molar-refractivity contribution in [1.82, 2.24) is 15.1 Å². The summed E-state index contributed by atoms with van der Waals surface area (Å²) in [5.74, 6) is -0.0686. The van der Waals surface area contributed by atoms with E-state index in [-0.39, 0.29) is 17.6 Å². The number of morpholine rings is 1. The molecule has 1 amide bonds. The van der Waals surface area contributed by atoms with Gasteiger partial charge in [0.1, 0.15) is 0 Å². The molecule has 1 aliphatic heterocycles. The van der Waals surface area contributed by atoms with E-state index < -0.39 is 5.54 Å². The Morgan fingerprint density at radius 2 is 2.35 bits per heavy atom. The average molecular weight is 321 g/mol. The SMILES string of the molecule is Cn1ncc(N2CCO[C@H](CCNC(=O)C3(N)CC3)C2)cc1=O. The van der Waals surface area contributed by atoms with Crippen LogP contribution in [0.15, 0.2) is 17.1 Å². The molecule has 1 aromatic rings. The molecule has 0 aromatic carbocycles. The van der Waals surface area contributed by atoms with Crippen molar-refractivity contribution in [3.05, 3.63) is 22.6 Å². The molecule has 0 spiro atoms. The molecule has 2 heterocycles. The molecule has 23 heavy (non-hydrogen) atoms. The zero-order valence-corrected chi connectivity index (χ0v) is 13.3. The Hall–Kier alpha value is -1.93. The van der Waals surface area contributed by atoms with E-state index in [9.17, 15) is 9.59 Å². The van der Waals surface area contributed by atoms with Crippen LogP contribution in [0.2, 0.25) is 0 Å². The number of amides is 1. The molecule has 0 unspecified atom stereocenters. The van der Waals surface area contributed by atoms with Gasteiger partial charge in [0, 0.05) is 32.7 Å². The molecule has 8 heteroatoms. The molecule has 1 atom stereocenters. The van der Waals surface area contributed by atoms with Gasteiger partial charge in [-0.15, -0.1) is 0 Å². The van der Waals surface area contributed by atoms with E-state index in [1.165, 1.54) is 4.68 Å². The van der Waals surface area contributed by atoms with Crippen LogP contribution in [0.3, 0.4) is 0 Å². The van der Waals surface area contributed by atoms with E-state index in [0.29, 0.717) is 19.7 Å². The maximum absolute atomic E-state index is 11.8. The lowest BCUT2D eigenvalue weighted by Gasteiger charge is -2.34. The minimum absolute atomic E-state index is 0.0148. The van der Waals surface area contributed by atoms with Crippen molar-refractivity contribution in [2.45, 2.75) is 30.9 Å². The van der Waals surface area contributed by atoms with Crippen molar-refractivity contribution in [3.8, 4) is 0 Å². The summed E-state index contributed by atoms with van der Waals surface area (Å²) in [4.78, 5) is 25.6. The van der Waals surface area contributed by atoms with Crippen molar-refractivity contribution in [2.75, 3.05) is 31.1 Å². The van der Waals surface area contributed by atoms with Crippen LogP contribution in [0.1, 0.15) is 19.3 Å². The van der Waals surface area contributed by atoms with Crippen molar-refractivity contribution in [2.24, 2.45) is 12.8 Å². The van der Waals surface area contributed by atoms with E-state index >= 15 is 0 Å². The zero-order valence-electron chi connectivity index (χ0n) is 13.3. The summed E-state index contributed by atoms with van der Waals surface area (Å²) in [5, 5.41) is 6.92. The van der Waals surface area contributed by atoms with Gasteiger partial charge in [0.2, 0.25) is 5.91 Å². The maximum atomic E-state index is 11.8. The van der Waals surface area contributed by atoms with Crippen LogP contribution in [-0.4, -0.2) is 53.6 Å². The van der Waals surface area contributed by atoms with Crippen LogP contribution in [0, 0.1) is 0 Å². The predicted octanol–water partition coefficient (Wildman–Crippen LogP) is -1.02. The van der Waals surface area contributed by atoms with E-state index in [2.05, 4.69) is 15.3 Å². The van der Waals surface area contributed by atoms with Gasteiger partial charge in [0.05, 0.1) is 30.1 Å². The number of aromatic nitrogens is 2. The van der Waals surface area contributed by atoms with Gasteiger partial charge in [0.25, 0.3) is 5.56 Å². The number of nitrogens with zero attached hydrogens (tertiary/aromatic N) is 3. The molecule has 126 valence electrons. The first kappa shape index (κ1) is 15.9. The number of hydrogen-bond acceptors (Lipinski definition) is 6. The maximum Gasteiger partial charge on any atom is 0.268 e. The molecular formula is C15H23N5O3. The van der Waals surface area contributed by atoms with Gasteiger partial charge in [-0.25, -0.2) is 4.68 Å². The van der Waals surface area contributed by atoms with Gasteiger partial charge >= 0.3 is 0 Å². The lowest BCUT2D eigenvalue weighted by molar-refractivity contribution is -0.123. The molecule has 0 radical (unpaired) electrons. The Morgan fingerprint density at radius 1 is 1.57 bits per heavy atom. The third kappa shape index (κ3) is 3.70. The highest BCUT2D eigenvalue weighted by Crippen LogP contribution is 2.32. The lowest BCUT2D eigenvalue weighted by Crippen LogP contribution is -2.46. The third-order valence-electron chi connectivity index (χ3n) is 4.45. The quantitative estimate of drug-likeness (QED) is 0.720. The van der Waals surface area contributed by atoms with E-state index in [1.807, 2.05) is 0 Å². The molecule has 2 aliphatic rings. The van der Waals surface area contributed by atoms with Crippen molar-refractivity contribution >= 4 is 11.6 Å². The van der Waals surface area contributed by atoms with Crippen molar-refractivity contribution < 1.29 is 9.53 Å². The number of nitrogens with two attached hydrogens (primary N) is 1. The summed E-state index contributed by atoms with van der Waals surface area (Å²) in [7, 11) is 1.63. The van der Waals surface area contributed by atoms with Gasteiger partial charge in [-0.1, -0.05) is 0 Å². The van der Waals surface area contributed by atoms with Crippen LogP contribution < -0.4 is 21.5 Å². The largest absolute Gasteiger partial charge is 0.374 e. The molecular weight excluding hydrogens is 298 g/mol. The Balaban J connectivity index is 1.50. The normalized spacial score (nSPS) is 22.7. The van der Waals surface area contributed by atoms with Crippen LogP contribution in [-0.2, 0) is 16.6 Å². The summed E-state index contributed by atoms with van der Waals surface area (Å²) in [6.45, 7) is 2.54. The first-order valence-corrected chi connectivity index (χ1v) is 7.95. The number of carbonyl (C=O) groups is 1.